The molecular weight excluding hydrogens is 248 g/mol. The van der Waals surface area contributed by atoms with Crippen molar-refractivity contribution in [3.63, 3.8) is 0 Å². The summed E-state index contributed by atoms with van der Waals surface area (Å²) in [5.41, 5.74) is 6.52. The van der Waals surface area contributed by atoms with Gasteiger partial charge in [0.15, 0.2) is 0 Å². The van der Waals surface area contributed by atoms with E-state index in [1.54, 1.807) is 31.8 Å². The Balaban J connectivity index is 2.80. The van der Waals surface area contributed by atoms with Crippen molar-refractivity contribution in [1.29, 1.82) is 0 Å². The lowest BCUT2D eigenvalue weighted by molar-refractivity contribution is -0.140. The second kappa shape index (κ2) is 6.33. The van der Waals surface area contributed by atoms with Crippen molar-refractivity contribution in [2.75, 3.05) is 6.54 Å². The van der Waals surface area contributed by atoms with Gasteiger partial charge < -0.3 is 15.7 Å². The Hall–Kier alpha value is -1.89. The maximum absolute atomic E-state index is 12.3. The highest BCUT2D eigenvalue weighted by Crippen LogP contribution is 2.15. The van der Waals surface area contributed by atoms with E-state index in [1.807, 2.05) is 0 Å². The molecule has 0 saturated carbocycles. The van der Waals surface area contributed by atoms with Gasteiger partial charge >= 0.3 is 5.97 Å². The van der Waals surface area contributed by atoms with Gasteiger partial charge in [0.05, 0.1) is 12.6 Å². The van der Waals surface area contributed by atoms with Crippen molar-refractivity contribution in [3.05, 3.63) is 18.0 Å². The average molecular weight is 268 g/mol. The SMILES string of the molecule is CCN(C(=O)C(N)c1cnn(C)c1)C(C)CC(=O)O. The first-order valence-corrected chi connectivity index (χ1v) is 6.13. The van der Waals surface area contributed by atoms with Crippen LogP contribution in [0.3, 0.4) is 0 Å². The maximum Gasteiger partial charge on any atom is 0.305 e. The number of rotatable bonds is 6. The Morgan fingerprint density at radius 1 is 1.58 bits per heavy atom. The normalized spacial score (nSPS) is 13.9. The minimum Gasteiger partial charge on any atom is -0.481 e. The molecule has 0 aliphatic rings. The fraction of sp³-hybridized carbons (Fsp3) is 0.583. The van der Waals surface area contributed by atoms with Gasteiger partial charge in [-0.15, -0.1) is 0 Å². The number of hydrogen-bond acceptors (Lipinski definition) is 4. The largest absolute Gasteiger partial charge is 0.481 e. The van der Waals surface area contributed by atoms with Crippen molar-refractivity contribution in [3.8, 4) is 0 Å². The fourth-order valence-corrected chi connectivity index (χ4v) is 1.97. The molecule has 0 fully saturated rings. The number of nitrogens with zero attached hydrogens (tertiary/aromatic N) is 3. The molecule has 0 aliphatic heterocycles. The van der Waals surface area contributed by atoms with Crippen LogP contribution in [0.1, 0.15) is 31.9 Å². The van der Waals surface area contributed by atoms with Crippen LogP contribution in [0.2, 0.25) is 0 Å². The molecule has 3 N–H and O–H groups in total. The predicted octanol–water partition coefficient (Wildman–Crippen LogP) is 0.132. The van der Waals surface area contributed by atoms with Crippen molar-refractivity contribution < 1.29 is 14.7 Å². The van der Waals surface area contributed by atoms with Gasteiger partial charge in [-0.25, -0.2) is 0 Å². The molecule has 7 nitrogen and oxygen atoms in total. The lowest BCUT2D eigenvalue weighted by atomic mass is 10.1. The molecule has 0 bridgehead atoms. The predicted molar refractivity (Wildman–Crippen MR) is 69.2 cm³/mol. The van der Waals surface area contributed by atoms with Crippen LogP contribution in [0.5, 0.6) is 0 Å². The van der Waals surface area contributed by atoms with Gasteiger partial charge in [-0.1, -0.05) is 0 Å². The lowest BCUT2D eigenvalue weighted by Gasteiger charge is -2.29. The number of amides is 1. The summed E-state index contributed by atoms with van der Waals surface area (Å²) >= 11 is 0. The van der Waals surface area contributed by atoms with Gasteiger partial charge in [-0.2, -0.15) is 5.10 Å². The second-order valence-electron chi connectivity index (χ2n) is 4.50. The van der Waals surface area contributed by atoms with Crippen molar-refractivity contribution in [1.82, 2.24) is 14.7 Å². The van der Waals surface area contributed by atoms with Gasteiger partial charge in [-0.05, 0) is 13.8 Å². The number of hydrogen-bond donors (Lipinski definition) is 2. The van der Waals surface area contributed by atoms with Crippen LogP contribution in [0.15, 0.2) is 12.4 Å². The number of nitrogens with two attached hydrogens (primary N) is 1. The van der Waals surface area contributed by atoms with Crippen molar-refractivity contribution >= 4 is 11.9 Å². The first kappa shape index (κ1) is 15.2. The molecule has 106 valence electrons. The molecule has 7 heteroatoms. The maximum atomic E-state index is 12.3. The number of aliphatic carboxylic acids is 1. The summed E-state index contributed by atoms with van der Waals surface area (Å²) in [6.07, 6.45) is 3.12. The Morgan fingerprint density at radius 2 is 2.21 bits per heavy atom. The average Bonchev–Trinajstić information content (AvgIpc) is 2.74. The monoisotopic (exact) mass is 268 g/mol. The number of carboxylic acids is 1. The number of likely N-dealkylation sites (N-methyl/N-ethyl adjacent to an activating group) is 1. The standard InChI is InChI=1S/C12H20N4O3/c1-4-16(8(2)5-10(17)18)12(19)11(13)9-6-14-15(3)7-9/h6-8,11H,4-5,13H2,1-3H3,(H,17,18). The highest BCUT2D eigenvalue weighted by molar-refractivity contribution is 5.83. The molecule has 0 spiro atoms. The molecule has 2 atom stereocenters. The number of carboxylic acid groups (broad SMARTS) is 1. The highest BCUT2D eigenvalue weighted by atomic mass is 16.4. The van der Waals surface area contributed by atoms with Gasteiger partial charge in [0, 0.05) is 31.4 Å². The molecule has 2 unspecified atom stereocenters. The Labute approximate surface area is 112 Å². The Morgan fingerprint density at radius 3 is 2.63 bits per heavy atom. The molecule has 1 rings (SSSR count). The van der Waals surface area contributed by atoms with Crippen molar-refractivity contribution in [2.24, 2.45) is 12.8 Å². The van der Waals surface area contributed by atoms with Crippen molar-refractivity contribution in [2.45, 2.75) is 32.4 Å². The first-order chi connectivity index (χ1) is 8.86. The van der Waals surface area contributed by atoms with E-state index in [9.17, 15) is 9.59 Å². The van der Waals surface area contributed by atoms with E-state index in [4.69, 9.17) is 10.8 Å². The van der Waals surface area contributed by atoms with Crippen LogP contribution in [-0.4, -0.2) is 44.3 Å². The van der Waals surface area contributed by atoms with Gasteiger partial charge in [0.1, 0.15) is 6.04 Å². The minimum atomic E-state index is -0.936. The molecule has 1 aromatic rings. The summed E-state index contributed by atoms with van der Waals surface area (Å²) < 4.78 is 1.57. The van der Waals surface area contributed by atoms with E-state index in [0.29, 0.717) is 12.1 Å². The molecular formula is C12H20N4O3. The third kappa shape index (κ3) is 3.78. The topological polar surface area (TPSA) is 101 Å². The lowest BCUT2D eigenvalue weighted by Crippen LogP contribution is -2.44. The first-order valence-electron chi connectivity index (χ1n) is 6.13. The smallest absolute Gasteiger partial charge is 0.305 e. The van der Waals surface area contributed by atoms with E-state index < -0.39 is 18.1 Å². The fourth-order valence-electron chi connectivity index (χ4n) is 1.97. The molecule has 19 heavy (non-hydrogen) atoms. The van der Waals surface area contributed by atoms with Crippen LogP contribution >= 0.6 is 0 Å². The van der Waals surface area contributed by atoms with E-state index >= 15 is 0 Å². The summed E-state index contributed by atoms with van der Waals surface area (Å²) in [5, 5.41) is 12.8. The zero-order valence-electron chi connectivity index (χ0n) is 11.4. The van der Waals surface area contributed by atoms with E-state index in [-0.39, 0.29) is 12.3 Å². The zero-order chi connectivity index (χ0) is 14.6. The van der Waals surface area contributed by atoms with Crippen LogP contribution in [-0.2, 0) is 16.6 Å². The van der Waals surface area contributed by atoms with Gasteiger partial charge in [0.2, 0.25) is 5.91 Å². The van der Waals surface area contributed by atoms with Crippen LogP contribution < -0.4 is 5.73 Å². The Bertz CT molecular complexity index is 458. The molecule has 1 heterocycles. The number of carbonyl (C=O) groups excluding carboxylic acids is 1. The quantitative estimate of drug-likeness (QED) is 0.763. The molecule has 1 aromatic heterocycles. The number of aromatic nitrogens is 2. The highest BCUT2D eigenvalue weighted by Gasteiger charge is 2.27. The Kier molecular flexibility index (Phi) is 5.05. The van der Waals surface area contributed by atoms with E-state index in [2.05, 4.69) is 5.10 Å². The van der Waals surface area contributed by atoms with Gasteiger partial charge in [-0.3, -0.25) is 14.3 Å². The number of carbonyl (C=O) groups is 2. The van der Waals surface area contributed by atoms with Gasteiger partial charge in [0.25, 0.3) is 0 Å². The third-order valence-electron chi connectivity index (χ3n) is 2.98. The van der Waals surface area contributed by atoms with Crippen LogP contribution in [0.25, 0.3) is 0 Å². The van der Waals surface area contributed by atoms with E-state index in [0.717, 1.165) is 0 Å². The molecule has 0 aliphatic carbocycles. The molecule has 1 amide bonds. The molecule has 0 saturated heterocycles. The third-order valence-corrected chi connectivity index (χ3v) is 2.98. The summed E-state index contributed by atoms with van der Waals surface area (Å²) in [6, 6.07) is -1.21. The summed E-state index contributed by atoms with van der Waals surface area (Å²) in [5.74, 6) is -1.22. The second-order valence-corrected chi connectivity index (χ2v) is 4.50. The van der Waals surface area contributed by atoms with E-state index in [1.165, 1.54) is 11.1 Å². The summed E-state index contributed by atoms with van der Waals surface area (Å²) in [7, 11) is 1.74. The van der Waals surface area contributed by atoms with Crippen LogP contribution in [0.4, 0.5) is 0 Å². The summed E-state index contributed by atoms with van der Waals surface area (Å²) in [6.45, 7) is 3.92. The molecule has 0 radical (unpaired) electrons. The summed E-state index contributed by atoms with van der Waals surface area (Å²) in [4.78, 5) is 24.5. The van der Waals surface area contributed by atoms with Crippen LogP contribution in [0, 0.1) is 0 Å². The minimum absolute atomic E-state index is 0.0979. The number of aryl methyl sites for hydroxylation is 1. The molecule has 0 aromatic carbocycles. The zero-order valence-corrected chi connectivity index (χ0v) is 11.4.